The topological polar surface area (TPSA) is 105 Å². The summed E-state index contributed by atoms with van der Waals surface area (Å²) in [4.78, 5) is 11.7. The highest BCUT2D eigenvalue weighted by Crippen LogP contribution is 2.37. The number of nitro benzene ring substituents is 1. The maximum absolute atomic E-state index is 12.3. The van der Waals surface area contributed by atoms with E-state index in [0.717, 1.165) is 11.1 Å². The number of ether oxygens (including phenoxy) is 3. The first-order chi connectivity index (χ1) is 15.7. The van der Waals surface area contributed by atoms with Crippen molar-refractivity contribution in [1.29, 1.82) is 0 Å². The molecule has 2 aromatic carbocycles. The number of rotatable bonds is 10. The molecule has 1 aliphatic heterocycles. The SMILES string of the molecule is CCOc1cc([C@H](Cc2cccc(C3=CCOCC3)c2[N+](=O)[O-])CS(C)(=O)=O)ccc1OC. The first-order valence-electron chi connectivity index (χ1n) is 10.7. The van der Waals surface area contributed by atoms with Crippen LogP contribution in [0.4, 0.5) is 5.69 Å². The lowest BCUT2D eigenvalue weighted by Crippen LogP contribution is -2.17. The quantitative estimate of drug-likeness (QED) is 0.375. The third-order valence-corrected chi connectivity index (χ3v) is 6.55. The van der Waals surface area contributed by atoms with Gasteiger partial charge in [-0.05, 0) is 49.1 Å². The molecule has 0 spiro atoms. The Morgan fingerprint density at radius 1 is 1.21 bits per heavy atom. The van der Waals surface area contributed by atoms with Crippen LogP contribution in [0.15, 0.2) is 42.5 Å². The Labute approximate surface area is 194 Å². The highest BCUT2D eigenvalue weighted by atomic mass is 32.2. The van der Waals surface area contributed by atoms with E-state index in [9.17, 15) is 18.5 Å². The molecule has 2 aromatic rings. The van der Waals surface area contributed by atoms with Gasteiger partial charge in [0.25, 0.3) is 5.69 Å². The van der Waals surface area contributed by atoms with Gasteiger partial charge < -0.3 is 14.2 Å². The number of hydrogen-bond acceptors (Lipinski definition) is 7. The zero-order chi connectivity index (χ0) is 24.0. The van der Waals surface area contributed by atoms with Crippen molar-refractivity contribution in [3.8, 4) is 11.5 Å². The number of methoxy groups -OCH3 is 1. The van der Waals surface area contributed by atoms with Gasteiger partial charge in [-0.25, -0.2) is 8.42 Å². The number of hydrogen-bond donors (Lipinski definition) is 0. The van der Waals surface area contributed by atoms with E-state index in [1.165, 1.54) is 13.4 Å². The van der Waals surface area contributed by atoms with Crippen LogP contribution in [0, 0.1) is 10.1 Å². The summed E-state index contributed by atoms with van der Waals surface area (Å²) in [6.45, 7) is 3.19. The molecule has 9 heteroatoms. The predicted octanol–water partition coefficient (Wildman–Crippen LogP) is 4.18. The van der Waals surface area contributed by atoms with Gasteiger partial charge in [-0.1, -0.05) is 24.3 Å². The number of nitro groups is 1. The molecule has 178 valence electrons. The summed E-state index contributed by atoms with van der Waals surface area (Å²) < 4.78 is 40.9. The molecule has 0 amide bonds. The maximum atomic E-state index is 12.3. The van der Waals surface area contributed by atoms with E-state index in [4.69, 9.17) is 14.2 Å². The maximum Gasteiger partial charge on any atom is 0.280 e. The molecule has 0 saturated carbocycles. The Kier molecular flexibility index (Phi) is 8.10. The van der Waals surface area contributed by atoms with E-state index in [0.29, 0.717) is 48.9 Å². The number of nitrogens with zero attached hydrogens (tertiary/aromatic N) is 1. The van der Waals surface area contributed by atoms with Crippen molar-refractivity contribution in [3.63, 3.8) is 0 Å². The summed E-state index contributed by atoms with van der Waals surface area (Å²) in [5, 5.41) is 12.1. The molecule has 0 fully saturated rings. The molecule has 33 heavy (non-hydrogen) atoms. The largest absolute Gasteiger partial charge is 0.493 e. The predicted molar refractivity (Wildman–Crippen MR) is 127 cm³/mol. The Bertz CT molecular complexity index is 1140. The molecule has 1 aliphatic rings. The van der Waals surface area contributed by atoms with Crippen molar-refractivity contribution in [2.75, 3.05) is 38.9 Å². The van der Waals surface area contributed by atoms with Gasteiger partial charge in [-0.15, -0.1) is 0 Å². The lowest BCUT2D eigenvalue weighted by molar-refractivity contribution is -0.385. The zero-order valence-electron chi connectivity index (χ0n) is 19.1. The normalized spacial score (nSPS) is 14.9. The molecule has 1 atom stereocenters. The van der Waals surface area contributed by atoms with E-state index >= 15 is 0 Å². The van der Waals surface area contributed by atoms with Crippen molar-refractivity contribution < 1.29 is 27.6 Å². The molecule has 0 aromatic heterocycles. The van der Waals surface area contributed by atoms with Crippen LogP contribution in [-0.4, -0.2) is 52.3 Å². The average Bonchev–Trinajstić information content (AvgIpc) is 2.78. The van der Waals surface area contributed by atoms with Gasteiger partial charge in [-0.2, -0.15) is 0 Å². The molecule has 0 aliphatic carbocycles. The molecule has 0 radical (unpaired) electrons. The summed E-state index contributed by atoms with van der Waals surface area (Å²) in [5.74, 6) is 0.399. The fraction of sp³-hybridized carbons (Fsp3) is 0.417. The second kappa shape index (κ2) is 10.8. The second-order valence-electron chi connectivity index (χ2n) is 7.96. The Balaban J connectivity index is 2.07. The van der Waals surface area contributed by atoms with Crippen molar-refractivity contribution in [2.24, 2.45) is 0 Å². The molecule has 1 heterocycles. The van der Waals surface area contributed by atoms with Crippen LogP contribution < -0.4 is 9.47 Å². The van der Waals surface area contributed by atoms with E-state index in [1.54, 1.807) is 36.4 Å². The molecule has 0 N–H and O–H groups in total. The minimum atomic E-state index is -3.37. The minimum absolute atomic E-state index is 0.0164. The standard InChI is InChI=1S/C24H29NO7S/c1-4-32-23-15-18(8-9-22(23)30-2)20(16-33(3,28)29)14-19-6-5-7-21(24(19)25(26)27)17-10-12-31-13-11-17/h5-10,15,20H,4,11-14,16H2,1-3H3/t20-/m1/s1. The van der Waals surface area contributed by atoms with E-state index in [2.05, 4.69) is 0 Å². The van der Waals surface area contributed by atoms with Gasteiger partial charge in [0.1, 0.15) is 9.84 Å². The number of para-hydroxylation sites is 1. The van der Waals surface area contributed by atoms with Gasteiger partial charge in [0.05, 0.1) is 43.2 Å². The fourth-order valence-corrected chi connectivity index (χ4v) is 5.16. The van der Waals surface area contributed by atoms with E-state index in [1.807, 2.05) is 13.0 Å². The minimum Gasteiger partial charge on any atom is -0.493 e. The van der Waals surface area contributed by atoms with Gasteiger partial charge in [-0.3, -0.25) is 10.1 Å². The van der Waals surface area contributed by atoms with Crippen molar-refractivity contribution >= 4 is 21.1 Å². The average molecular weight is 476 g/mol. The van der Waals surface area contributed by atoms with Gasteiger partial charge >= 0.3 is 0 Å². The van der Waals surface area contributed by atoms with Crippen molar-refractivity contribution in [3.05, 3.63) is 69.3 Å². The Morgan fingerprint density at radius 3 is 2.61 bits per heavy atom. The molecular formula is C24H29NO7S. The molecule has 3 rings (SSSR count). The molecule has 0 bridgehead atoms. The third-order valence-electron chi connectivity index (χ3n) is 5.54. The van der Waals surface area contributed by atoms with Crippen LogP contribution >= 0.6 is 0 Å². The number of benzene rings is 2. The summed E-state index contributed by atoms with van der Waals surface area (Å²) in [7, 11) is -1.83. The molecule has 0 saturated heterocycles. The first-order valence-corrected chi connectivity index (χ1v) is 12.8. The number of sulfone groups is 1. The van der Waals surface area contributed by atoms with Crippen LogP contribution in [-0.2, 0) is 21.0 Å². The summed E-state index contributed by atoms with van der Waals surface area (Å²) in [5.41, 5.74) is 2.66. The van der Waals surface area contributed by atoms with Crippen LogP contribution in [0.5, 0.6) is 11.5 Å². The Hall–Kier alpha value is -2.91. The summed E-state index contributed by atoms with van der Waals surface area (Å²) in [6, 6.07) is 10.5. The summed E-state index contributed by atoms with van der Waals surface area (Å²) >= 11 is 0. The fourth-order valence-electron chi connectivity index (χ4n) is 4.12. The lowest BCUT2D eigenvalue weighted by Gasteiger charge is -2.20. The lowest BCUT2D eigenvalue weighted by atomic mass is 9.89. The zero-order valence-corrected chi connectivity index (χ0v) is 19.9. The summed E-state index contributed by atoms with van der Waals surface area (Å²) in [6.07, 6.45) is 3.82. The highest BCUT2D eigenvalue weighted by molar-refractivity contribution is 7.90. The van der Waals surface area contributed by atoms with E-state index < -0.39 is 15.8 Å². The molecule has 8 nitrogen and oxygen atoms in total. The van der Waals surface area contributed by atoms with Gasteiger partial charge in [0.2, 0.25) is 0 Å². The van der Waals surface area contributed by atoms with Crippen LogP contribution in [0.1, 0.15) is 36.0 Å². The second-order valence-corrected chi connectivity index (χ2v) is 10.1. The van der Waals surface area contributed by atoms with Gasteiger partial charge in [0.15, 0.2) is 11.5 Å². The van der Waals surface area contributed by atoms with Crippen molar-refractivity contribution in [1.82, 2.24) is 0 Å². The molecule has 0 unspecified atom stereocenters. The monoisotopic (exact) mass is 475 g/mol. The first kappa shape index (κ1) is 24.7. The third kappa shape index (κ3) is 6.33. The van der Waals surface area contributed by atoms with Crippen molar-refractivity contribution in [2.45, 2.75) is 25.7 Å². The van der Waals surface area contributed by atoms with E-state index in [-0.39, 0.29) is 22.8 Å². The smallest absolute Gasteiger partial charge is 0.280 e. The molecular weight excluding hydrogens is 446 g/mol. The highest BCUT2D eigenvalue weighted by Gasteiger charge is 2.27. The van der Waals surface area contributed by atoms with Crippen LogP contribution in [0.3, 0.4) is 0 Å². The van der Waals surface area contributed by atoms with Gasteiger partial charge in [0, 0.05) is 17.7 Å². The van der Waals surface area contributed by atoms with Crippen LogP contribution in [0.2, 0.25) is 0 Å². The van der Waals surface area contributed by atoms with Crippen LogP contribution in [0.25, 0.3) is 5.57 Å². The Morgan fingerprint density at radius 2 is 2.00 bits per heavy atom.